The fourth-order valence-electron chi connectivity index (χ4n) is 3.06. The molecule has 1 N–H and O–H groups in total. The Morgan fingerprint density at radius 2 is 2.12 bits per heavy atom. The van der Waals surface area contributed by atoms with Crippen LogP contribution in [0.5, 0.6) is 0 Å². The summed E-state index contributed by atoms with van der Waals surface area (Å²) in [5.74, 6) is 0. The van der Waals surface area contributed by atoms with E-state index in [9.17, 15) is 0 Å². The zero-order valence-corrected chi connectivity index (χ0v) is 10.8. The van der Waals surface area contributed by atoms with E-state index in [4.69, 9.17) is 0 Å². The van der Waals surface area contributed by atoms with Crippen LogP contribution in [0.1, 0.15) is 49.3 Å². The van der Waals surface area contributed by atoms with Gasteiger partial charge in [-0.3, -0.25) is 0 Å². The van der Waals surface area contributed by atoms with Crippen LogP contribution >= 0.6 is 0 Å². The molecule has 0 bridgehead atoms. The van der Waals surface area contributed by atoms with Crippen LogP contribution in [0.25, 0.3) is 0 Å². The van der Waals surface area contributed by atoms with Crippen molar-refractivity contribution in [1.29, 1.82) is 0 Å². The number of hydrogen-bond donors (Lipinski definition) is 1. The first kappa shape index (κ1) is 11.7. The van der Waals surface area contributed by atoms with Crippen LogP contribution in [0.3, 0.4) is 0 Å². The van der Waals surface area contributed by atoms with Gasteiger partial charge >= 0.3 is 0 Å². The Morgan fingerprint density at radius 3 is 2.75 bits per heavy atom. The fraction of sp³-hybridized carbons (Fsp3) is 0.600. The number of rotatable bonds is 3. The van der Waals surface area contributed by atoms with Gasteiger partial charge in [-0.25, -0.2) is 0 Å². The van der Waals surface area contributed by atoms with E-state index in [2.05, 4.69) is 44.3 Å². The third kappa shape index (κ3) is 2.01. The molecule has 1 aliphatic rings. The second-order valence-electron chi connectivity index (χ2n) is 5.18. The number of aryl methyl sites for hydroxylation is 2. The molecular weight excluding hydrogens is 194 g/mol. The number of nitrogens with one attached hydrogen (secondary N) is 1. The normalized spacial score (nSPS) is 24.9. The first-order chi connectivity index (χ1) is 7.68. The summed E-state index contributed by atoms with van der Waals surface area (Å²) in [4.78, 5) is 0. The van der Waals surface area contributed by atoms with Crippen molar-refractivity contribution in [3.63, 3.8) is 0 Å². The highest BCUT2D eigenvalue weighted by molar-refractivity contribution is 5.37. The minimum Gasteiger partial charge on any atom is -0.307 e. The third-order valence-electron chi connectivity index (χ3n) is 3.83. The Morgan fingerprint density at radius 1 is 1.31 bits per heavy atom. The summed E-state index contributed by atoms with van der Waals surface area (Å²) in [5.41, 5.74) is 4.62. The second kappa shape index (κ2) is 4.58. The molecule has 1 heterocycles. The first-order valence-corrected chi connectivity index (χ1v) is 6.51. The molecule has 0 aromatic heterocycles. The average molecular weight is 217 g/mol. The molecule has 0 spiro atoms. The van der Waals surface area contributed by atoms with Crippen molar-refractivity contribution < 1.29 is 0 Å². The van der Waals surface area contributed by atoms with E-state index in [1.54, 1.807) is 0 Å². The quantitative estimate of drug-likeness (QED) is 0.814. The van der Waals surface area contributed by atoms with E-state index >= 15 is 0 Å². The van der Waals surface area contributed by atoms with E-state index in [1.807, 2.05) is 0 Å². The maximum absolute atomic E-state index is 3.76. The van der Waals surface area contributed by atoms with Crippen LogP contribution < -0.4 is 5.32 Å². The largest absolute Gasteiger partial charge is 0.307 e. The smallest absolute Gasteiger partial charge is 0.0437 e. The molecule has 1 heteroatoms. The lowest BCUT2D eigenvalue weighted by atomic mass is 9.81. The maximum Gasteiger partial charge on any atom is 0.0437 e. The standard InChI is InChI=1S/C15H23N/c1-4-8-15(9-5-10-16-15)14-11-12(2)6-7-13(14)3/h6-7,11,16H,4-5,8-10H2,1-3H3. The molecule has 0 amide bonds. The van der Waals surface area contributed by atoms with Crippen molar-refractivity contribution in [2.45, 2.75) is 52.0 Å². The summed E-state index contributed by atoms with van der Waals surface area (Å²) in [5, 5.41) is 3.76. The fourth-order valence-corrected chi connectivity index (χ4v) is 3.06. The van der Waals surface area contributed by atoms with Gasteiger partial charge in [0.25, 0.3) is 0 Å². The molecule has 88 valence electrons. The SMILES string of the molecule is CCCC1(c2cc(C)ccc2C)CCCN1. The van der Waals surface area contributed by atoms with Gasteiger partial charge < -0.3 is 5.32 Å². The maximum atomic E-state index is 3.76. The van der Waals surface area contributed by atoms with Crippen molar-refractivity contribution in [2.24, 2.45) is 0 Å². The summed E-state index contributed by atoms with van der Waals surface area (Å²) in [6.45, 7) is 7.89. The number of hydrogen-bond acceptors (Lipinski definition) is 1. The van der Waals surface area contributed by atoms with Crippen LogP contribution in [0.4, 0.5) is 0 Å². The van der Waals surface area contributed by atoms with E-state index in [1.165, 1.54) is 48.9 Å². The summed E-state index contributed by atoms with van der Waals surface area (Å²) in [7, 11) is 0. The second-order valence-corrected chi connectivity index (χ2v) is 5.18. The molecule has 1 atom stereocenters. The Kier molecular flexibility index (Phi) is 3.34. The van der Waals surface area contributed by atoms with Crippen molar-refractivity contribution in [3.05, 3.63) is 34.9 Å². The molecule has 0 aliphatic carbocycles. The molecule has 1 fully saturated rings. The highest BCUT2D eigenvalue weighted by atomic mass is 15.0. The molecule has 1 aliphatic heterocycles. The predicted molar refractivity (Wildman–Crippen MR) is 69.7 cm³/mol. The van der Waals surface area contributed by atoms with Gasteiger partial charge in [-0.2, -0.15) is 0 Å². The van der Waals surface area contributed by atoms with Gasteiger partial charge in [-0.1, -0.05) is 37.1 Å². The van der Waals surface area contributed by atoms with Crippen molar-refractivity contribution in [2.75, 3.05) is 6.54 Å². The molecule has 1 aromatic carbocycles. The molecular formula is C15H23N. The molecule has 1 aromatic rings. The van der Waals surface area contributed by atoms with Gasteiger partial charge in [0.1, 0.15) is 0 Å². The minimum absolute atomic E-state index is 0.269. The zero-order chi connectivity index (χ0) is 11.6. The van der Waals surface area contributed by atoms with Crippen molar-refractivity contribution in [3.8, 4) is 0 Å². The van der Waals surface area contributed by atoms with Crippen LogP contribution in [0, 0.1) is 13.8 Å². The van der Waals surface area contributed by atoms with Crippen LogP contribution in [0.2, 0.25) is 0 Å². The van der Waals surface area contributed by atoms with Crippen molar-refractivity contribution >= 4 is 0 Å². The Labute approximate surface area is 99.3 Å². The topological polar surface area (TPSA) is 12.0 Å². The highest BCUT2D eigenvalue weighted by Crippen LogP contribution is 2.37. The van der Waals surface area contributed by atoms with Crippen LogP contribution in [0.15, 0.2) is 18.2 Å². The third-order valence-corrected chi connectivity index (χ3v) is 3.83. The minimum atomic E-state index is 0.269. The van der Waals surface area contributed by atoms with Gasteiger partial charge in [0.2, 0.25) is 0 Å². The Balaban J connectivity index is 2.42. The monoisotopic (exact) mass is 217 g/mol. The predicted octanol–water partition coefficient (Wildman–Crippen LogP) is 3.68. The molecule has 1 unspecified atom stereocenters. The molecule has 1 saturated heterocycles. The van der Waals surface area contributed by atoms with E-state index < -0.39 is 0 Å². The van der Waals surface area contributed by atoms with Gasteiger partial charge in [0, 0.05) is 5.54 Å². The first-order valence-electron chi connectivity index (χ1n) is 6.51. The summed E-state index contributed by atoms with van der Waals surface area (Å²) < 4.78 is 0. The molecule has 2 rings (SSSR count). The lowest BCUT2D eigenvalue weighted by Gasteiger charge is -2.32. The van der Waals surface area contributed by atoms with E-state index in [0.717, 1.165) is 0 Å². The van der Waals surface area contributed by atoms with E-state index in [-0.39, 0.29) is 5.54 Å². The lowest BCUT2D eigenvalue weighted by molar-refractivity contribution is 0.354. The van der Waals surface area contributed by atoms with Gasteiger partial charge in [0.15, 0.2) is 0 Å². The lowest BCUT2D eigenvalue weighted by Crippen LogP contribution is -2.37. The van der Waals surface area contributed by atoms with E-state index in [0.29, 0.717) is 0 Å². The van der Waals surface area contributed by atoms with Crippen LogP contribution in [-0.2, 0) is 5.54 Å². The van der Waals surface area contributed by atoms with Crippen LogP contribution in [-0.4, -0.2) is 6.54 Å². The molecule has 0 saturated carbocycles. The average Bonchev–Trinajstić information content (AvgIpc) is 2.72. The molecule has 0 radical (unpaired) electrons. The van der Waals surface area contributed by atoms with Gasteiger partial charge in [0.05, 0.1) is 0 Å². The zero-order valence-electron chi connectivity index (χ0n) is 10.8. The molecule has 16 heavy (non-hydrogen) atoms. The molecule has 1 nitrogen and oxygen atoms in total. The summed E-state index contributed by atoms with van der Waals surface area (Å²) >= 11 is 0. The summed E-state index contributed by atoms with van der Waals surface area (Å²) in [6.07, 6.45) is 5.12. The van der Waals surface area contributed by atoms with Crippen molar-refractivity contribution in [1.82, 2.24) is 5.32 Å². The highest BCUT2D eigenvalue weighted by Gasteiger charge is 2.35. The Bertz CT molecular complexity index is 362. The van der Waals surface area contributed by atoms with Gasteiger partial charge in [-0.15, -0.1) is 0 Å². The Hall–Kier alpha value is -0.820. The summed E-state index contributed by atoms with van der Waals surface area (Å²) in [6, 6.07) is 6.86. The number of benzene rings is 1. The van der Waals surface area contributed by atoms with Gasteiger partial charge in [-0.05, 0) is 50.8 Å².